The van der Waals surface area contributed by atoms with E-state index in [1.54, 1.807) is 17.5 Å². The minimum atomic E-state index is -0.147. The first-order valence-corrected chi connectivity index (χ1v) is 7.26. The van der Waals surface area contributed by atoms with Crippen LogP contribution < -0.4 is 5.32 Å². The molecule has 0 bridgehead atoms. The van der Waals surface area contributed by atoms with E-state index in [9.17, 15) is 4.79 Å². The number of thiazole rings is 1. The van der Waals surface area contributed by atoms with Crippen LogP contribution in [0.25, 0.3) is 10.2 Å². The van der Waals surface area contributed by atoms with Gasteiger partial charge in [-0.2, -0.15) is 11.3 Å². The van der Waals surface area contributed by atoms with Gasteiger partial charge in [-0.15, -0.1) is 0 Å². The lowest BCUT2D eigenvalue weighted by molar-refractivity contribution is 0.102. The first-order chi connectivity index (χ1) is 8.74. The number of hydrogen-bond donors (Lipinski definition) is 1. The molecule has 1 N–H and O–H groups in total. The predicted molar refractivity (Wildman–Crippen MR) is 76.9 cm³/mol. The fourth-order valence-electron chi connectivity index (χ4n) is 1.53. The Kier molecular flexibility index (Phi) is 3.03. The number of benzene rings is 1. The first kappa shape index (κ1) is 11.6. The molecule has 90 valence electrons. The highest BCUT2D eigenvalue weighted by atomic mass is 35.5. The van der Waals surface area contributed by atoms with Crippen molar-refractivity contribution in [3.8, 4) is 0 Å². The average Bonchev–Trinajstić information content (AvgIpc) is 2.97. The molecule has 0 unspecified atom stereocenters. The number of nitrogens with zero attached hydrogens (tertiary/aromatic N) is 1. The van der Waals surface area contributed by atoms with Crippen LogP contribution >= 0.6 is 34.3 Å². The topological polar surface area (TPSA) is 42.0 Å². The van der Waals surface area contributed by atoms with E-state index >= 15 is 0 Å². The van der Waals surface area contributed by atoms with Crippen LogP contribution in [0.4, 0.5) is 5.13 Å². The molecule has 2 aromatic heterocycles. The third-order valence-corrected chi connectivity index (χ3v) is 4.30. The summed E-state index contributed by atoms with van der Waals surface area (Å²) < 4.78 is 0.961. The Hall–Kier alpha value is -1.43. The summed E-state index contributed by atoms with van der Waals surface area (Å²) in [6.07, 6.45) is 0. The lowest BCUT2D eigenvalue weighted by atomic mass is 10.3. The van der Waals surface area contributed by atoms with Crippen molar-refractivity contribution < 1.29 is 4.79 Å². The molecule has 0 aliphatic heterocycles. The summed E-state index contributed by atoms with van der Waals surface area (Å²) >= 11 is 8.94. The molecule has 0 aliphatic carbocycles. The Balaban J connectivity index is 1.92. The second-order valence-corrected chi connectivity index (χ2v) is 5.79. The van der Waals surface area contributed by atoms with Gasteiger partial charge in [0, 0.05) is 5.38 Å². The molecule has 0 aliphatic rings. The number of anilines is 1. The van der Waals surface area contributed by atoms with Crippen LogP contribution in [-0.4, -0.2) is 10.9 Å². The van der Waals surface area contributed by atoms with Gasteiger partial charge in [0.2, 0.25) is 0 Å². The highest BCUT2D eigenvalue weighted by molar-refractivity contribution is 7.22. The zero-order valence-electron chi connectivity index (χ0n) is 9.01. The Labute approximate surface area is 116 Å². The van der Waals surface area contributed by atoms with E-state index in [4.69, 9.17) is 11.6 Å². The van der Waals surface area contributed by atoms with Crippen LogP contribution in [0.5, 0.6) is 0 Å². The number of carbonyl (C=O) groups excluding carboxylic acids is 1. The number of carbonyl (C=O) groups is 1. The van der Waals surface area contributed by atoms with Crippen molar-refractivity contribution in [1.82, 2.24) is 4.98 Å². The normalized spacial score (nSPS) is 10.7. The minimum Gasteiger partial charge on any atom is -0.298 e. The molecule has 0 atom stereocenters. The fraction of sp³-hybridized carbons (Fsp3) is 0. The van der Waals surface area contributed by atoms with Gasteiger partial charge in [-0.3, -0.25) is 10.1 Å². The molecular formula is C12H7ClN2OS2. The second-order valence-electron chi connectivity index (χ2n) is 3.57. The molecule has 2 heterocycles. The molecule has 1 amide bonds. The molecule has 0 saturated carbocycles. The highest BCUT2D eigenvalue weighted by Crippen LogP contribution is 2.30. The van der Waals surface area contributed by atoms with Gasteiger partial charge < -0.3 is 0 Å². The molecule has 3 rings (SSSR count). The highest BCUT2D eigenvalue weighted by Gasteiger charge is 2.11. The van der Waals surface area contributed by atoms with Gasteiger partial charge >= 0.3 is 0 Å². The number of amides is 1. The fourth-order valence-corrected chi connectivity index (χ4v) is 3.33. The smallest absolute Gasteiger partial charge is 0.258 e. The maximum atomic E-state index is 11.9. The zero-order valence-corrected chi connectivity index (χ0v) is 11.4. The summed E-state index contributed by atoms with van der Waals surface area (Å²) in [6.45, 7) is 0. The van der Waals surface area contributed by atoms with Crippen molar-refractivity contribution in [1.29, 1.82) is 0 Å². The number of aromatic nitrogens is 1. The quantitative estimate of drug-likeness (QED) is 0.767. The lowest BCUT2D eigenvalue weighted by Crippen LogP contribution is -2.10. The molecule has 18 heavy (non-hydrogen) atoms. The Morgan fingerprint density at radius 1 is 1.33 bits per heavy atom. The lowest BCUT2D eigenvalue weighted by Gasteiger charge is -1.97. The van der Waals surface area contributed by atoms with Crippen molar-refractivity contribution in [3.05, 3.63) is 45.6 Å². The number of rotatable bonds is 2. The molecule has 3 nitrogen and oxygen atoms in total. The van der Waals surface area contributed by atoms with E-state index in [2.05, 4.69) is 10.3 Å². The molecule has 3 aromatic rings. The molecule has 0 saturated heterocycles. The summed E-state index contributed by atoms with van der Waals surface area (Å²) in [7, 11) is 0. The van der Waals surface area contributed by atoms with E-state index in [1.165, 1.54) is 22.7 Å². The molecule has 0 radical (unpaired) electrons. The Morgan fingerprint density at radius 3 is 2.94 bits per heavy atom. The number of para-hydroxylation sites is 1. The van der Waals surface area contributed by atoms with E-state index in [0.717, 1.165) is 10.2 Å². The van der Waals surface area contributed by atoms with Crippen LogP contribution in [-0.2, 0) is 0 Å². The standard InChI is InChI=1S/C12H7ClN2OS2/c13-8-2-1-3-9-10(8)14-12(18-9)15-11(16)7-4-5-17-6-7/h1-6H,(H,14,15,16). The van der Waals surface area contributed by atoms with Crippen molar-refractivity contribution >= 4 is 55.5 Å². The average molecular weight is 295 g/mol. The SMILES string of the molecule is O=C(Nc1nc2c(Cl)cccc2s1)c1ccsc1. The Bertz CT molecular complexity index is 706. The molecule has 6 heteroatoms. The van der Waals surface area contributed by atoms with Crippen LogP contribution in [0, 0.1) is 0 Å². The van der Waals surface area contributed by atoms with Gasteiger partial charge in [0.25, 0.3) is 5.91 Å². The number of fused-ring (bicyclic) bond motifs is 1. The third kappa shape index (κ3) is 2.12. The minimum absolute atomic E-state index is 0.147. The van der Waals surface area contributed by atoms with Gasteiger partial charge in [-0.1, -0.05) is 29.0 Å². The van der Waals surface area contributed by atoms with Gasteiger partial charge in [0.15, 0.2) is 5.13 Å². The van der Waals surface area contributed by atoms with Crippen molar-refractivity contribution in [2.75, 3.05) is 5.32 Å². The van der Waals surface area contributed by atoms with Crippen LogP contribution in [0.15, 0.2) is 35.0 Å². The molecule has 0 fully saturated rings. The first-order valence-electron chi connectivity index (χ1n) is 5.12. The zero-order chi connectivity index (χ0) is 12.5. The monoisotopic (exact) mass is 294 g/mol. The third-order valence-electron chi connectivity index (χ3n) is 2.37. The number of hydrogen-bond acceptors (Lipinski definition) is 4. The summed E-state index contributed by atoms with van der Waals surface area (Å²) in [5.41, 5.74) is 1.37. The molecule has 0 spiro atoms. The van der Waals surface area contributed by atoms with Crippen molar-refractivity contribution in [2.24, 2.45) is 0 Å². The summed E-state index contributed by atoms with van der Waals surface area (Å²) in [4.78, 5) is 16.2. The van der Waals surface area contributed by atoms with Crippen LogP contribution in [0.1, 0.15) is 10.4 Å². The maximum Gasteiger partial charge on any atom is 0.258 e. The molecular weight excluding hydrogens is 288 g/mol. The van der Waals surface area contributed by atoms with Crippen LogP contribution in [0.2, 0.25) is 5.02 Å². The van der Waals surface area contributed by atoms with E-state index in [-0.39, 0.29) is 5.91 Å². The van der Waals surface area contributed by atoms with E-state index in [1.807, 2.05) is 17.5 Å². The summed E-state index contributed by atoms with van der Waals surface area (Å²) in [5, 5.41) is 7.61. The van der Waals surface area contributed by atoms with Crippen molar-refractivity contribution in [3.63, 3.8) is 0 Å². The van der Waals surface area contributed by atoms with Crippen LogP contribution in [0.3, 0.4) is 0 Å². The van der Waals surface area contributed by atoms with E-state index in [0.29, 0.717) is 15.7 Å². The summed E-state index contributed by atoms with van der Waals surface area (Å²) in [5.74, 6) is -0.147. The van der Waals surface area contributed by atoms with Gasteiger partial charge in [0.1, 0.15) is 5.52 Å². The van der Waals surface area contributed by atoms with Crippen molar-refractivity contribution in [2.45, 2.75) is 0 Å². The van der Waals surface area contributed by atoms with E-state index < -0.39 is 0 Å². The van der Waals surface area contributed by atoms with Gasteiger partial charge in [-0.25, -0.2) is 4.98 Å². The largest absolute Gasteiger partial charge is 0.298 e. The predicted octanol–water partition coefficient (Wildman–Crippen LogP) is 4.26. The number of nitrogens with one attached hydrogen (secondary N) is 1. The molecule has 1 aromatic carbocycles. The maximum absolute atomic E-state index is 11.9. The Morgan fingerprint density at radius 2 is 2.22 bits per heavy atom. The van der Waals surface area contributed by atoms with Gasteiger partial charge in [0.05, 0.1) is 15.3 Å². The number of thiophene rings is 1. The van der Waals surface area contributed by atoms with Gasteiger partial charge in [-0.05, 0) is 23.6 Å². The second kappa shape index (κ2) is 4.68. The number of halogens is 1. The summed E-state index contributed by atoms with van der Waals surface area (Å²) in [6, 6.07) is 7.36.